The number of imide groups is 1. The predicted molar refractivity (Wildman–Crippen MR) is 125 cm³/mol. The molecule has 164 valence electrons. The maximum absolute atomic E-state index is 14.0. The molecule has 1 spiro atoms. The zero-order chi connectivity index (χ0) is 22.5. The number of nitrogens with zero attached hydrogens (tertiary/aromatic N) is 2. The van der Waals surface area contributed by atoms with Crippen molar-refractivity contribution in [3.63, 3.8) is 0 Å². The van der Waals surface area contributed by atoms with Gasteiger partial charge in [-0.2, -0.15) is 0 Å². The molecule has 3 amide bonds. The van der Waals surface area contributed by atoms with Gasteiger partial charge in [0.15, 0.2) is 0 Å². The Hall–Kier alpha value is -3.22. The largest absolute Gasteiger partial charge is 0.323 e. The average molecular weight is 458 g/mol. The Morgan fingerprint density at radius 3 is 2.61 bits per heavy atom. The van der Waals surface area contributed by atoms with Gasteiger partial charge in [-0.05, 0) is 48.4 Å². The number of carbonyl (C=O) groups is 3. The lowest BCUT2D eigenvalue weighted by Gasteiger charge is -2.36. The maximum atomic E-state index is 14.0. The molecule has 33 heavy (non-hydrogen) atoms. The molecule has 0 aliphatic carbocycles. The zero-order valence-corrected chi connectivity index (χ0v) is 18.4. The van der Waals surface area contributed by atoms with Crippen LogP contribution in [0.15, 0.2) is 60.7 Å². The van der Waals surface area contributed by atoms with E-state index in [0.29, 0.717) is 28.5 Å². The van der Waals surface area contributed by atoms with Crippen molar-refractivity contribution in [2.24, 2.45) is 11.8 Å². The van der Waals surface area contributed by atoms with E-state index in [-0.39, 0.29) is 23.8 Å². The number of benzene rings is 3. The highest BCUT2D eigenvalue weighted by molar-refractivity contribution is 6.35. The molecule has 7 rings (SSSR count). The Bertz CT molecular complexity index is 1400. The summed E-state index contributed by atoms with van der Waals surface area (Å²) in [5.74, 6) is -2.11. The van der Waals surface area contributed by atoms with E-state index in [2.05, 4.69) is 10.2 Å². The fourth-order valence-electron chi connectivity index (χ4n) is 6.76. The van der Waals surface area contributed by atoms with E-state index in [1.807, 2.05) is 54.6 Å². The minimum atomic E-state index is -1.20. The molecule has 4 unspecified atom stereocenters. The molecule has 7 heteroatoms. The average Bonchev–Trinajstić information content (AvgIpc) is 3.53. The molecule has 4 aliphatic rings. The number of halogens is 1. The lowest BCUT2D eigenvalue weighted by molar-refractivity contribution is -0.135. The highest BCUT2D eigenvalue weighted by atomic mass is 35.5. The van der Waals surface area contributed by atoms with Gasteiger partial charge in [-0.15, -0.1) is 0 Å². The number of hydrogen-bond acceptors (Lipinski definition) is 4. The lowest BCUT2D eigenvalue weighted by Crippen LogP contribution is -2.54. The van der Waals surface area contributed by atoms with Gasteiger partial charge in [0.25, 0.3) is 5.91 Å². The number of fused-ring (bicyclic) bond motifs is 8. The monoisotopic (exact) mass is 457 g/mol. The highest BCUT2D eigenvalue weighted by Gasteiger charge is 2.74. The molecule has 6 nitrogen and oxygen atoms in total. The van der Waals surface area contributed by atoms with Crippen LogP contribution in [0.4, 0.5) is 11.4 Å². The third-order valence-electron chi connectivity index (χ3n) is 7.97. The van der Waals surface area contributed by atoms with E-state index in [0.717, 1.165) is 23.6 Å². The quantitative estimate of drug-likeness (QED) is 0.562. The second kappa shape index (κ2) is 6.43. The third kappa shape index (κ3) is 2.20. The number of carbonyl (C=O) groups excluding carboxylic acids is 3. The number of hydrogen-bond donors (Lipinski definition) is 1. The molecule has 3 aromatic carbocycles. The summed E-state index contributed by atoms with van der Waals surface area (Å²) in [6.07, 6.45) is 1.67. The van der Waals surface area contributed by atoms with E-state index < -0.39 is 17.4 Å². The Balaban J connectivity index is 1.42. The number of para-hydroxylation sites is 1. The first-order valence-corrected chi connectivity index (χ1v) is 11.6. The van der Waals surface area contributed by atoms with Gasteiger partial charge < -0.3 is 5.32 Å². The van der Waals surface area contributed by atoms with Crippen molar-refractivity contribution in [2.45, 2.75) is 24.4 Å². The summed E-state index contributed by atoms with van der Waals surface area (Å²) in [4.78, 5) is 44.9. The zero-order valence-electron chi connectivity index (χ0n) is 17.6. The first-order chi connectivity index (χ1) is 16.0. The van der Waals surface area contributed by atoms with Crippen molar-refractivity contribution < 1.29 is 14.4 Å². The fourth-order valence-corrected chi connectivity index (χ4v) is 6.99. The molecule has 4 aliphatic heterocycles. The normalized spacial score (nSPS) is 30.3. The Morgan fingerprint density at radius 2 is 1.76 bits per heavy atom. The van der Waals surface area contributed by atoms with E-state index >= 15 is 0 Å². The molecule has 3 aromatic rings. The Kier molecular flexibility index (Phi) is 3.75. The molecular formula is C26H20ClN3O3. The van der Waals surface area contributed by atoms with Crippen molar-refractivity contribution in [3.8, 4) is 0 Å². The van der Waals surface area contributed by atoms with Crippen LogP contribution >= 0.6 is 11.6 Å². The van der Waals surface area contributed by atoms with Gasteiger partial charge in [-0.25, -0.2) is 4.90 Å². The predicted octanol–water partition coefficient (Wildman–Crippen LogP) is 3.92. The van der Waals surface area contributed by atoms with Gasteiger partial charge >= 0.3 is 0 Å². The number of rotatable bonds is 1. The molecule has 0 aromatic heterocycles. The SMILES string of the molecule is O=C1C2C3CCCN3C3(C(=O)Nc4c(Cl)cccc43)C2C(=O)N1c1ccc2ccccc2c1. The first kappa shape index (κ1) is 19.3. The Morgan fingerprint density at radius 1 is 0.939 bits per heavy atom. The standard InChI is InChI=1S/C26H20ClN3O3/c27-18-8-3-7-17-22(18)28-25(33)26(17)21-20(19-9-4-12-29(19)26)23(31)30(24(21)32)16-11-10-14-5-1-2-6-15(14)13-16/h1-3,5-8,10-11,13,19-21H,4,9,12H2,(H,28,33). The van der Waals surface area contributed by atoms with Crippen molar-refractivity contribution in [1.29, 1.82) is 0 Å². The topological polar surface area (TPSA) is 69.7 Å². The van der Waals surface area contributed by atoms with Gasteiger partial charge in [0, 0.05) is 11.6 Å². The fraction of sp³-hybridized carbons (Fsp3) is 0.269. The minimum Gasteiger partial charge on any atom is -0.323 e. The van der Waals surface area contributed by atoms with Gasteiger partial charge in [0.1, 0.15) is 5.54 Å². The van der Waals surface area contributed by atoms with E-state index in [1.165, 1.54) is 4.90 Å². The second-order valence-corrected chi connectivity index (χ2v) is 9.74. The van der Waals surface area contributed by atoms with E-state index in [1.54, 1.807) is 6.07 Å². The number of anilines is 2. The van der Waals surface area contributed by atoms with Crippen LogP contribution in [0, 0.1) is 11.8 Å². The van der Waals surface area contributed by atoms with Crippen LogP contribution in [-0.4, -0.2) is 35.2 Å². The summed E-state index contributed by atoms with van der Waals surface area (Å²) in [7, 11) is 0. The molecule has 0 radical (unpaired) electrons. The van der Waals surface area contributed by atoms with E-state index in [9.17, 15) is 14.4 Å². The number of nitrogens with one attached hydrogen (secondary N) is 1. The summed E-state index contributed by atoms with van der Waals surface area (Å²) in [5, 5.41) is 5.39. The third-order valence-corrected chi connectivity index (χ3v) is 8.28. The summed E-state index contributed by atoms with van der Waals surface area (Å²) in [6, 6.07) is 18.7. The van der Waals surface area contributed by atoms with Crippen LogP contribution in [0.3, 0.4) is 0 Å². The van der Waals surface area contributed by atoms with Crippen LogP contribution in [0.25, 0.3) is 10.8 Å². The number of amides is 3. The molecule has 0 saturated carbocycles. The lowest BCUT2D eigenvalue weighted by atomic mass is 9.75. The Labute approximate surface area is 195 Å². The molecule has 1 N–H and O–H groups in total. The molecular weight excluding hydrogens is 438 g/mol. The molecule has 3 fully saturated rings. The second-order valence-electron chi connectivity index (χ2n) is 9.33. The minimum absolute atomic E-state index is 0.146. The smallest absolute Gasteiger partial charge is 0.250 e. The van der Waals surface area contributed by atoms with Gasteiger partial charge in [-0.3, -0.25) is 19.3 Å². The van der Waals surface area contributed by atoms with Crippen LogP contribution < -0.4 is 10.2 Å². The summed E-state index contributed by atoms with van der Waals surface area (Å²) in [5.41, 5.74) is 0.619. The van der Waals surface area contributed by atoms with Crippen molar-refractivity contribution >= 4 is 51.5 Å². The van der Waals surface area contributed by atoms with Gasteiger partial charge in [-0.1, -0.05) is 54.1 Å². The van der Waals surface area contributed by atoms with Crippen LogP contribution in [0.2, 0.25) is 5.02 Å². The molecule has 4 heterocycles. The van der Waals surface area contributed by atoms with Gasteiger partial charge in [0.2, 0.25) is 11.8 Å². The van der Waals surface area contributed by atoms with Crippen LogP contribution in [0.1, 0.15) is 18.4 Å². The summed E-state index contributed by atoms with van der Waals surface area (Å²) in [6.45, 7) is 0.674. The van der Waals surface area contributed by atoms with Gasteiger partial charge in [0.05, 0.1) is 28.2 Å². The molecule has 0 bridgehead atoms. The van der Waals surface area contributed by atoms with Crippen LogP contribution in [0.5, 0.6) is 0 Å². The molecule has 4 atom stereocenters. The van der Waals surface area contributed by atoms with Crippen molar-refractivity contribution in [1.82, 2.24) is 4.90 Å². The summed E-state index contributed by atoms with van der Waals surface area (Å²) < 4.78 is 0. The maximum Gasteiger partial charge on any atom is 0.250 e. The first-order valence-electron chi connectivity index (χ1n) is 11.3. The molecule has 3 saturated heterocycles. The van der Waals surface area contributed by atoms with Crippen molar-refractivity contribution in [2.75, 3.05) is 16.8 Å². The van der Waals surface area contributed by atoms with Crippen LogP contribution in [-0.2, 0) is 19.9 Å². The summed E-state index contributed by atoms with van der Waals surface area (Å²) >= 11 is 6.43. The van der Waals surface area contributed by atoms with E-state index in [4.69, 9.17) is 11.6 Å². The van der Waals surface area contributed by atoms with Crippen molar-refractivity contribution in [3.05, 3.63) is 71.2 Å². The highest BCUT2D eigenvalue weighted by Crippen LogP contribution is 2.61.